The molecule has 2 N–H and O–H groups in total. The standard InChI is InChI=1S/C27H33FIN.C3H9N.2C2H6/c1-18-14-20(25(2,3)26(4,5)29)7-9-22(18)24-17-27(10-12-30-13-11-27)16-19-6-8-21(28)15-23(19)24;1-3-4-2;2*1-2/h6-9,14-15,17,30H,10-13,16H2,1-5H3;4H,3H2,1-2H3;2*1-2H3. The fourth-order valence-electron chi connectivity index (χ4n) is 4.93. The van der Waals surface area contributed by atoms with Crippen molar-refractivity contribution in [3.63, 3.8) is 0 Å². The summed E-state index contributed by atoms with van der Waals surface area (Å²) in [5.41, 5.74) is 7.68. The maximum absolute atomic E-state index is 14.2. The second kappa shape index (κ2) is 15.5. The van der Waals surface area contributed by atoms with E-state index in [1.165, 1.54) is 27.8 Å². The minimum absolute atomic E-state index is 0.0536. The summed E-state index contributed by atoms with van der Waals surface area (Å²) >= 11 is 2.56. The van der Waals surface area contributed by atoms with E-state index in [0.717, 1.165) is 44.5 Å². The number of benzene rings is 2. The lowest BCUT2D eigenvalue weighted by molar-refractivity contribution is 0.268. The number of alkyl halides is 1. The maximum Gasteiger partial charge on any atom is 0.123 e. The van der Waals surface area contributed by atoms with Crippen LogP contribution in [0.5, 0.6) is 0 Å². The van der Waals surface area contributed by atoms with Crippen molar-refractivity contribution in [3.8, 4) is 0 Å². The molecule has 1 saturated heterocycles. The second-order valence-corrected chi connectivity index (χ2v) is 13.7. The van der Waals surface area contributed by atoms with Gasteiger partial charge in [-0.05, 0) is 118 Å². The molecule has 0 atom stereocenters. The Balaban J connectivity index is 0.000000811. The van der Waals surface area contributed by atoms with Crippen molar-refractivity contribution < 1.29 is 4.39 Å². The number of nitrogens with one attached hydrogen (secondary N) is 2. The highest BCUT2D eigenvalue weighted by Gasteiger charge is 2.38. The Morgan fingerprint density at radius 3 is 2.03 bits per heavy atom. The molecule has 2 nitrogen and oxygen atoms in total. The first-order chi connectivity index (χ1) is 17.9. The number of halogens is 2. The van der Waals surface area contributed by atoms with Crippen LogP contribution in [0.3, 0.4) is 0 Å². The van der Waals surface area contributed by atoms with E-state index in [1.807, 2.05) is 40.8 Å². The molecular weight excluding hydrogens is 582 g/mol. The lowest BCUT2D eigenvalue weighted by Gasteiger charge is -2.40. The van der Waals surface area contributed by atoms with Crippen LogP contribution in [-0.4, -0.2) is 30.1 Å². The molecule has 0 radical (unpaired) electrons. The molecule has 2 aromatic carbocycles. The smallest absolute Gasteiger partial charge is 0.123 e. The third kappa shape index (κ3) is 8.38. The van der Waals surface area contributed by atoms with Gasteiger partial charge in [0, 0.05) is 8.84 Å². The van der Waals surface area contributed by atoms with Crippen LogP contribution in [0.4, 0.5) is 4.39 Å². The average molecular weight is 637 g/mol. The second-order valence-electron chi connectivity index (χ2n) is 11.0. The Morgan fingerprint density at radius 1 is 0.947 bits per heavy atom. The number of allylic oxidation sites excluding steroid dienone is 1. The van der Waals surface area contributed by atoms with E-state index in [2.05, 4.69) is 99.0 Å². The van der Waals surface area contributed by atoms with E-state index in [4.69, 9.17) is 0 Å². The van der Waals surface area contributed by atoms with Gasteiger partial charge < -0.3 is 10.6 Å². The number of piperidine rings is 1. The number of fused-ring (bicyclic) bond motifs is 1. The molecule has 0 amide bonds. The summed E-state index contributed by atoms with van der Waals surface area (Å²) in [4.78, 5) is 0. The molecule has 4 heteroatoms. The largest absolute Gasteiger partial charge is 0.320 e. The molecule has 1 aliphatic carbocycles. The van der Waals surface area contributed by atoms with Crippen LogP contribution in [0.1, 0.15) is 103 Å². The number of aryl methyl sites for hydroxylation is 1. The summed E-state index contributed by atoms with van der Waals surface area (Å²) < 4.78 is 14.4. The summed E-state index contributed by atoms with van der Waals surface area (Å²) in [5.74, 6) is -0.150. The van der Waals surface area contributed by atoms with Crippen LogP contribution in [-0.2, 0) is 11.8 Å². The van der Waals surface area contributed by atoms with E-state index in [0.29, 0.717) is 0 Å². The van der Waals surface area contributed by atoms with Crippen LogP contribution in [0.25, 0.3) is 5.57 Å². The van der Waals surface area contributed by atoms with Gasteiger partial charge in [-0.25, -0.2) is 4.39 Å². The molecule has 2 aliphatic rings. The predicted molar refractivity (Wildman–Crippen MR) is 176 cm³/mol. The highest BCUT2D eigenvalue weighted by atomic mass is 127. The third-order valence-electron chi connectivity index (χ3n) is 8.03. The van der Waals surface area contributed by atoms with Crippen molar-refractivity contribution in [2.24, 2.45) is 5.41 Å². The highest BCUT2D eigenvalue weighted by molar-refractivity contribution is 14.1. The zero-order valence-corrected chi connectivity index (χ0v) is 28.2. The average Bonchev–Trinajstić information content (AvgIpc) is 2.91. The van der Waals surface area contributed by atoms with Crippen molar-refractivity contribution in [2.75, 3.05) is 26.7 Å². The van der Waals surface area contributed by atoms with Crippen molar-refractivity contribution in [3.05, 3.63) is 76.1 Å². The van der Waals surface area contributed by atoms with Gasteiger partial charge in [0.2, 0.25) is 0 Å². The minimum atomic E-state index is -0.150. The predicted octanol–water partition coefficient (Wildman–Crippen LogP) is 9.26. The zero-order chi connectivity index (χ0) is 29.1. The molecule has 1 fully saturated rings. The lowest BCUT2D eigenvalue weighted by atomic mass is 9.67. The summed E-state index contributed by atoms with van der Waals surface area (Å²) in [5, 5.41) is 6.43. The first-order valence-corrected chi connectivity index (χ1v) is 15.7. The van der Waals surface area contributed by atoms with Gasteiger partial charge in [0.15, 0.2) is 0 Å². The van der Waals surface area contributed by atoms with Gasteiger partial charge in [0.1, 0.15) is 5.82 Å². The molecule has 214 valence electrons. The van der Waals surface area contributed by atoms with Gasteiger partial charge in [-0.3, -0.25) is 0 Å². The van der Waals surface area contributed by atoms with Crippen molar-refractivity contribution >= 4 is 28.2 Å². The topological polar surface area (TPSA) is 24.1 Å². The first kappa shape index (κ1) is 34.8. The van der Waals surface area contributed by atoms with Gasteiger partial charge in [-0.15, -0.1) is 0 Å². The molecule has 1 spiro atoms. The molecule has 4 rings (SSSR count). The Morgan fingerprint density at radius 2 is 1.53 bits per heavy atom. The summed E-state index contributed by atoms with van der Waals surface area (Å²) in [6, 6.07) is 12.3. The fourth-order valence-corrected chi connectivity index (χ4v) is 5.25. The molecule has 0 aromatic heterocycles. The molecule has 2 aromatic rings. The lowest BCUT2D eigenvalue weighted by Crippen LogP contribution is -2.38. The molecule has 1 heterocycles. The van der Waals surface area contributed by atoms with Crippen molar-refractivity contribution in [2.45, 2.75) is 97.3 Å². The van der Waals surface area contributed by atoms with Gasteiger partial charge in [-0.1, -0.05) is 101 Å². The van der Waals surface area contributed by atoms with Crippen LogP contribution in [0.2, 0.25) is 0 Å². The number of hydrogen-bond donors (Lipinski definition) is 2. The SMILES string of the molecule is CC.CC.CCNC.Cc1cc(C(C)(C)C(C)(C)I)ccc1C1=CC2(CCNCC2)Cc2ccc(F)cc21. The van der Waals surface area contributed by atoms with E-state index < -0.39 is 0 Å². The summed E-state index contributed by atoms with van der Waals surface area (Å²) in [6.45, 7) is 24.7. The zero-order valence-electron chi connectivity index (χ0n) is 26.0. The molecular formula is C34H54FIN2. The molecule has 38 heavy (non-hydrogen) atoms. The van der Waals surface area contributed by atoms with E-state index in [9.17, 15) is 4.39 Å². The Hall–Kier alpha value is -1.24. The first-order valence-electron chi connectivity index (χ1n) is 14.6. The Kier molecular flexibility index (Phi) is 14.2. The fraction of sp³-hybridized carbons (Fsp3) is 0.588. The van der Waals surface area contributed by atoms with Crippen LogP contribution < -0.4 is 10.6 Å². The quantitative estimate of drug-likeness (QED) is 0.258. The molecule has 0 unspecified atom stereocenters. The number of rotatable bonds is 4. The Labute approximate surface area is 247 Å². The van der Waals surface area contributed by atoms with Gasteiger partial charge in [-0.2, -0.15) is 0 Å². The third-order valence-corrected chi connectivity index (χ3v) is 9.38. The van der Waals surface area contributed by atoms with Crippen molar-refractivity contribution in [1.29, 1.82) is 0 Å². The van der Waals surface area contributed by atoms with Gasteiger partial charge in [0.05, 0.1) is 0 Å². The molecule has 0 bridgehead atoms. The highest BCUT2D eigenvalue weighted by Crippen LogP contribution is 2.47. The maximum atomic E-state index is 14.2. The number of hydrogen-bond acceptors (Lipinski definition) is 2. The van der Waals surface area contributed by atoms with Crippen molar-refractivity contribution in [1.82, 2.24) is 10.6 Å². The molecule has 1 aliphatic heterocycles. The van der Waals surface area contributed by atoms with Crippen LogP contribution >= 0.6 is 22.6 Å². The van der Waals surface area contributed by atoms with Gasteiger partial charge in [0.25, 0.3) is 0 Å². The molecule has 0 saturated carbocycles. The van der Waals surface area contributed by atoms with E-state index >= 15 is 0 Å². The van der Waals surface area contributed by atoms with Gasteiger partial charge >= 0.3 is 0 Å². The van der Waals surface area contributed by atoms with E-state index in [1.54, 1.807) is 12.1 Å². The summed E-state index contributed by atoms with van der Waals surface area (Å²) in [6.07, 6.45) is 5.77. The van der Waals surface area contributed by atoms with E-state index in [-0.39, 0.29) is 20.1 Å². The minimum Gasteiger partial charge on any atom is -0.320 e. The summed E-state index contributed by atoms with van der Waals surface area (Å²) in [7, 11) is 1.93. The van der Waals surface area contributed by atoms with Crippen LogP contribution in [0.15, 0.2) is 42.5 Å². The van der Waals surface area contributed by atoms with Crippen LogP contribution in [0, 0.1) is 18.2 Å². The normalized spacial score (nSPS) is 16.0. The monoisotopic (exact) mass is 636 g/mol. The Bertz CT molecular complexity index is 1030.